The summed E-state index contributed by atoms with van der Waals surface area (Å²) in [6, 6.07) is 13.9. The number of pyridine rings is 1. The summed E-state index contributed by atoms with van der Waals surface area (Å²) in [6.07, 6.45) is 2.37. The number of rotatable bonds is 15. The van der Waals surface area contributed by atoms with Crippen molar-refractivity contribution >= 4 is 29.2 Å². The van der Waals surface area contributed by atoms with E-state index >= 15 is 0 Å². The number of amides is 1. The minimum atomic E-state index is -3.36. The topological polar surface area (TPSA) is 139 Å². The van der Waals surface area contributed by atoms with Gasteiger partial charge in [-0.1, -0.05) is 6.07 Å². The highest BCUT2D eigenvalue weighted by Gasteiger charge is 2.24. The highest BCUT2D eigenvalue weighted by molar-refractivity contribution is 7.90. The first-order valence-electron chi connectivity index (χ1n) is 12.9. The molecule has 222 valence electrons. The van der Waals surface area contributed by atoms with Gasteiger partial charge >= 0.3 is 7.60 Å². The van der Waals surface area contributed by atoms with E-state index in [2.05, 4.69) is 10.3 Å². The minimum Gasteiger partial charge on any atom is -0.488 e. The standard InChI is InChI=1S/C28H35N2O9PS/c1-6-36-40(32,37-7-2)19-21-8-13-27(29-17-21)30-28(31)22-14-24(38-20(3)18-35-4)16-25(15-22)39-23-9-11-26(12-10-23)41(5,33)34/h8-17,20H,6-7,18-19H2,1-5H3,(H,29,30,31)/t20-/m0/s1. The number of benzene rings is 2. The van der Waals surface area contributed by atoms with Crippen LogP contribution >= 0.6 is 7.60 Å². The van der Waals surface area contributed by atoms with Crippen LogP contribution in [0, 0.1) is 0 Å². The van der Waals surface area contributed by atoms with Crippen LogP contribution in [0.5, 0.6) is 17.2 Å². The molecule has 13 heteroatoms. The molecule has 3 aromatic rings. The average Bonchev–Trinajstić information content (AvgIpc) is 2.90. The number of ether oxygens (including phenoxy) is 3. The summed E-state index contributed by atoms with van der Waals surface area (Å²) in [5, 5.41) is 2.74. The first-order chi connectivity index (χ1) is 19.4. The minimum absolute atomic E-state index is 0.0564. The van der Waals surface area contributed by atoms with Crippen molar-refractivity contribution in [2.24, 2.45) is 0 Å². The molecule has 0 unspecified atom stereocenters. The van der Waals surface area contributed by atoms with E-state index in [9.17, 15) is 17.8 Å². The van der Waals surface area contributed by atoms with Crippen LogP contribution in [0.1, 0.15) is 36.7 Å². The predicted octanol–water partition coefficient (Wildman–Crippen LogP) is 5.71. The average molecular weight is 607 g/mol. The highest BCUT2D eigenvalue weighted by Crippen LogP contribution is 2.51. The van der Waals surface area contributed by atoms with Crippen molar-refractivity contribution in [3.05, 3.63) is 71.9 Å². The van der Waals surface area contributed by atoms with Crippen LogP contribution in [0.25, 0.3) is 0 Å². The fourth-order valence-corrected chi connectivity index (χ4v) is 6.06. The van der Waals surface area contributed by atoms with E-state index in [1.807, 2.05) is 6.92 Å². The zero-order chi connectivity index (χ0) is 30.0. The molecule has 0 fully saturated rings. The first kappa shape index (κ1) is 32.2. The molecule has 0 aliphatic heterocycles. The molecule has 0 bridgehead atoms. The molecule has 0 saturated carbocycles. The number of carbonyl (C=O) groups is 1. The summed E-state index contributed by atoms with van der Waals surface area (Å²) in [5.74, 6) is 0.853. The van der Waals surface area contributed by atoms with Crippen molar-refractivity contribution in [3.8, 4) is 17.2 Å². The van der Waals surface area contributed by atoms with E-state index in [4.69, 9.17) is 23.3 Å². The zero-order valence-corrected chi connectivity index (χ0v) is 25.4. The molecule has 0 saturated heterocycles. The Labute approximate surface area is 240 Å². The maximum Gasteiger partial charge on any atom is 0.335 e. The van der Waals surface area contributed by atoms with Gasteiger partial charge in [-0.15, -0.1) is 0 Å². The number of aromatic nitrogens is 1. The first-order valence-corrected chi connectivity index (χ1v) is 16.5. The van der Waals surface area contributed by atoms with Crippen LogP contribution in [0.4, 0.5) is 5.82 Å². The van der Waals surface area contributed by atoms with E-state index in [1.54, 1.807) is 45.2 Å². The van der Waals surface area contributed by atoms with Gasteiger partial charge in [-0.3, -0.25) is 9.36 Å². The largest absolute Gasteiger partial charge is 0.488 e. The lowest BCUT2D eigenvalue weighted by Gasteiger charge is -2.17. The van der Waals surface area contributed by atoms with Gasteiger partial charge in [0, 0.05) is 31.2 Å². The van der Waals surface area contributed by atoms with Gasteiger partial charge in [0.25, 0.3) is 5.91 Å². The lowest BCUT2D eigenvalue weighted by molar-refractivity contribution is 0.0915. The SMILES string of the molecule is CCOP(=O)(Cc1ccc(NC(=O)c2cc(Oc3ccc(S(C)(=O)=O)cc3)cc(O[C@@H](C)COC)c2)nc1)OCC. The lowest BCUT2D eigenvalue weighted by Crippen LogP contribution is -2.19. The van der Waals surface area contributed by atoms with Crippen molar-refractivity contribution in [1.82, 2.24) is 4.98 Å². The number of anilines is 1. The predicted molar refractivity (Wildman–Crippen MR) is 155 cm³/mol. The summed E-state index contributed by atoms with van der Waals surface area (Å²) in [7, 11) is -5.09. The van der Waals surface area contributed by atoms with Crippen LogP contribution in [0.2, 0.25) is 0 Å². The molecule has 0 aliphatic rings. The van der Waals surface area contributed by atoms with Crippen LogP contribution < -0.4 is 14.8 Å². The molecule has 1 heterocycles. The summed E-state index contributed by atoms with van der Waals surface area (Å²) in [6.45, 7) is 6.14. The lowest BCUT2D eigenvalue weighted by atomic mass is 10.1. The molecule has 0 radical (unpaired) electrons. The molecule has 1 N–H and O–H groups in total. The van der Waals surface area contributed by atoms with Crippen LogP contribution in [-0.2, 0) is 34.3 Å². The number of nitrogens with one attached hydrogen (secondary N) is 1. The smallest absolute Gasteiger partial charge is 0.335 e. The van der Waals surface area contributed by atoms with Crippen molar-refractivity contribution in [3.63, 3.8) is 0 Å². The number of sulfone groups is 1. The Bertz CT molecular complexity index is 1450. The molecule has 1 aromatic heterocycles. The number of carbonyl (C=O) groups excluding carboxylic acids is 1. The van der Waals surface area contributed by atoms with Crippen molar-refractivity contribution in [2.75, 3.05) is 38.5 Å². The molecular weight excluding hydrogens is 571 g/mol. The molecule has 1 amide bonds. The summed E-state index contributed by atoms with van der Waals surface area (Å²) >= 11 is 0. The molecular formula is C28H35N2O9PS. The number of hydrogen-bond donors (Lipinski definition) is 1. The maximum atomic E-state index is 13.2. The number of methoxy groups -OCH3 is 1. The molecule has 41 heavy (non-hydrogen) atoms. The van der Waals surface area contributed by atoms with E-state index < -0.39 is 23.3 Å². The van der Waals surface area contributed by atoms with Gasteiger partial charge in [0.1, 0.15) is 29.2 Å². The van der Waals surface area contributed by atoms with E-state index in [0.717, 1.165) is 6.26 Å². The van der Waals surface area contributed by atoms with Crippen LogP contribution in [-0.4, -0.2) is 58.6 Å². The Hall–Kier alpha value is -3.28. The van der Waals surface area contributed by atoms with E-state index in [-0.39, 0.29) is 41.8 Å². The van der Waals surface area contributed by atoms with Gasteiger partial charge in [-0.25, -0.2) is 13.4 Å². The molecule has 1 atom stereocenters. The summed E-state index contributed by atoms with van der Waals surface area (Å²) < 4.78 is 64.0. The third kappa shape index (κ3) is 9.94. The maximum absolute atomic E-state index is 13.2. The van der Waals surface area contributed by atoms with Crippen molar-refractivity contribution in [1.29, 1.82) is 0 Å². The normalized spacial score (nSPS) is 12.5. The van der Waals surface area contributed by atoms with E-state index in [1.165, 1.54) is 36.5 Å². The summed E-state index contributed by atoms with van der Waals surface area (Å²) in [5.41, 5.74) is 0.867. The second-order valence-corrected chi connectivity index (χ2v) is 13.1. The molecule has 3 rings (SSSR count). The molecule has 2 aromatic carbocycles. The molecule has 0 aliphatic carbocycles. The second kappa shape index (κ2) is 14.6. The monoisotopic (exact) mass is 606 g/mol. The second-order valence-electron chi connectivity index (χ2n) is 9.03. The highest BCUT2D eigenvalue weighted by atomic mass is 32.2. The van der Waals surface area contributed by atoms with E-state index in [0.29, 0.717) is 29.4 Å². The van der Waals surface area contributed by atoms with Crippen molar-refractivity contribution < 1.29 is 41.0 Å². The molecule has 11 nitrogen and oxygen atoms in total. The van der Waals surface area contributed by atoms with Gasteiger partial charge in [-0.05, 0) is 68.8 Å². The quantitative estimate of drug-likeness (QED) is 0.214. The van der Waals surface area contributed by atoms with Crippen molar-refractivity contribution in [2.45, 2.75) is 37.9 Å². The van der Waals surface area contributed by atoms with Gasteiger partial charge in [0.05, 0.1) is 30.9 Å². The fraction of sp³-hybridized carbons (Fsp3) is 0.357. The van der Waals surface area contributed by atoms with Crippen LogP contribution in [0.15, 0.2) is 65.7 Å². The Morgan fingerprint density at radius 2 is 1.63 bits per heavy atom. The van der Waals surface area contributed by atoms with Crippen LogP contribution in [0.3, 0.4) is 0 Å². The van der Waals surface area contributed by atoms with Gasteiger partial charge < -0.3 is 28.6 Å². The van der Waals surface area contributed by atoms with Gasteiger partial charge in [-0.2, -0.15) is 0 Å². The fourth-order valence-electron chi connectivity index (χ4n) is 3.75. The summed E-state index contributed by atoms with van der Waals surface area (Å²) in [4.78, 5) is 17.6. The van der Waals surface area contributed by atoms with Gasteiger partial charge in [0.2, 0.25) is 0 Å². The zero-order valence-electron chi connectivity index (χ0n) is 23.7. The number of nitrogens with zero attached hydrogens (tertiary/aromatic N) is 1. The Balaban J connectivity index is 1.81. The Morgan fingerprint density at radius 3 is 2.20 bits per heavy atom. The molecule has 0 spiro atoms. The number of hydrogen-bond acceptors (Lipinski definition) is 10. The third-order valence-electron chi connectivity index (χ3n) is 5.46. The van der Waals surface area contributed by atoms with Gasteiger partial charge in [0.15, 0.2) is 9.84 Å². The third-order valence-corrected chi connectivity index (χ3v) is 8.65. The Kier molecular flexibility index (Phi) is 11.5. The Morgan fingerprint density at radius 1 is 0.976 bits per heavy atom.